The number of hydrogen-bond acceptors (Lipinski definition) is 4. The minimum absolute atomic E-state index is 0.0905. The standard InChI is InChI=1S/C15H15NO4/c1-19-12-5-2-10(3-6-12)9-20-14-8-11(16)4-7-13(14)15(17)18/h2-8H,9,16H2,1H3,(H,17,18). The van der Waals surface area contributed by atoms with Crippen LogP contribution in [-0.4, -0.2) is 18.2 Å². The van der Waals surface area contributed by atoms with Crippen LogP contribution in [0.15, 0.2) is 42.5 Å². The van der Waals surface area contributed by atoms with Gasteiger partial charge in [0.1, 0.15) is 23.7 Å². The number of carbonyl (C=O) groups is 1. The number of nitrogen functional groups attached to an aromatic ring is 1. The number of hydrogen-bond donors (Lipinski definition) is 2. The lowest BCUT2D eigenvalue weighted by molar-refractivity contribution is 0.0692. The van der Waals surface area contributed by atoms with Crippen LogP contribution in [0, 0.1) is 0 Å². The molecule has 5 nitrogen and oxygen atoms in total. The Labute approximate surface area is 116 Å². The Morgan fingerprint density at radius 1 is 1.20 bits per heavy atom. The number of ether oxygens (including phenoxy) is 2. The van der Waals surface area contributed by atoms with Crippen LogP contribution in [0.1, 0.15) is 15.9 Å². The Hall–Kier alpha value is -2.69. The molecule has 0 unspecified atom stereocenters. The van der Waals surface area contributed by atoms with Crippen LogP contribution in [0.5, 0.6) is 11.5 Å². The second-order valence-corrected chi connectivity index (χ2v) is 4.20. The zero-order valence-electron chi connectivity index (χ0n) is 11.0. The summed E-state index contributed by atoms with van der Waals surface area (Å²) >= 11 is 0. The van der Waals surface area contributed by atoms with E-state index in [4.69, 9.17) is 20.3 Å². The number of nitrogens with two attached hydrogens (primary N) is 1. The fourth-order valence-electron chi connectivity index (χ4n) is 1.72. The average molecular weight is 273 g/mol. The predicted molar refractivity (Wildman–Crippen MR) is 75.1 cm³/mol. The molecule has 3 N–H and O–H groups in total. The lowest BCUT2D eigenvalue weighted by Crippen LogP contribution is -2.04. The molecule has 0 aliphatic carbocycles. The molecule has 0 heterocycles. The maximum absolute atomic E-state index is 11.1. The first kappa shape index (κ1) is 13.7. The number of benzene rings is 2. The van der Waals surface area contributed by atoms with Crippen LogP contribution in [0.4, 0.5) is 5.69 Å². The monoisotopic (exact) mass is 273 g/mol. The van der Waals surface area contributed by atoms with Crippen LogP contribution in [0.3, 0.4) is 0 Å². The van der Waals surface area contributed by atoms with E-state index in [1.54, 1.807) is 7.11 Å². The quantitative estimate of drug-likeness (QED) is 0.818. The van der Waals surface area contributed by atoms with Gasteiger partial charge >= 0.3 is 5.97 Å². The Bertz CT molecular complexity index is 608. The Morgan fingerprint density at radius 3 is 2.50 bits per heavy atom. The van der Waals surface area contributed by atoms with E-state index in [-0.39, 0.29) is 17.9 Å². The fraction of sp³-hybridized carbons (Fsp3) is 0.133. The molecule has 0 atom stereocenters. The van der Waals surface area contributed by atoms with Gasteiger partial charge in [0.05, 0.1) is 7.11 Å². The SMILES string of the molecule is COc1ccc(COc2cc(N)ccc2C(=O)O)cc1. The summed E-state index contributed by atoms with van der Waals surface area (Å²) in [6, 6.07) is 11.8. The van der Waals surface area contributed by atoms with Gasteiger partial charge < -0.3 is 20.3 Å². The van der Waals surface area contributed by atoms with Crippen molar-refractivity contribution in [3.63, 3.8) is 0 Å². The minimum atomic E-state index is -1.05. The third kappa shape index (κ3) is 3.20. The predicted octanol–water partition coefficient (Wildman–Crippen LogP) is 2.55. The summed E-state index contributed by atoms with van der Waals surface area (Å²) in [6.07, 6.45) is 0. The van der Waals surface area contributed by atoms with Crippen LogP contribution in [0.25, 0.3) is 0 Å². The number of methoxy groups -OCH3 is 1. The summed E-state index contributed by atoms with van der Waals surface area (Å²) in [4.78, 5) is 11.1. The summed E-state index contributed by atoms with van der Waals surface area (Å²) in [5.41, 5.74) is 7.10. The first-order chi connectivity index (χ1) is 9.60. The normalized spacial score (nSPS) is 10.1. The summed E-state index contributed by atoms with van der Waals surface area (Å²) in [5, 5.41) is 9.08. The van der Waals surface area contributed by atoms with Crippen molar-refractivity contribution in [2.75, 3.05) is 12.8 Å². The molecule has 0 fully saturated rings. The molecule has 0 aromatic heterocycles. The van der Waals surface area contributed by atoms with Crippen molar-refractivity contribution in [3.05, 3.63) is 53.6 Å². The lowest BCUT2D eigenvalue weighted by atomic mass is 10.2. The molecule has 104 valence electrons. The molecule has 0 radical (unpaired) electrons. The van der Waals surface area contributed by atoms with E-state index >= 15 is 0 Å². The zero-order chi connectivity index (χ0) is 14.5. The molecule has 0 spiro atoms. The molecular weight excluding hydrogens is 258 g/mol. The second kappa shape index (κ2) is 5.97. The highest BCUT2D eigenvalue weighted by atomic mass is 16.5. The summed E-state index contributed by atoms with van der Waals surface area (Å²) < 4.78 is 10.6. The smallest absolute Gasteiger partial charge is 0.339 e. The highest BCUT2D eigenvalue weighted by molar-refractivity contribution is 5.91. The molecule has 2 aromatic carbocycles. The highest BCUT2D eigenvalue weighted by Crippen LogP contribution is 2.23. The molecule has 0 saturated carbocycles. The third-order valence-electron chi connectivity index (χ3n) is 2.79. The van der Waals surface area contributed by atoms with Gasteiger partial charge in [-0.3, -0.25) is 0 Å². The Morgan fingerprint density at radius 2 is 1.90 bits per heavy atom. The van der Waals surface area contributed by atoms with E-state index in [0.717, 1.165) is 11.3 Å². The Balaban J connectivity index is 2.13. The molecule has 20 heavy (non-hydrogen) atoms. The first-order valence-electron chi connectivity index (χ1n) is 5.98. The molecule has 0 aliphatic heterocycles. The number of carboxylic acids is 1. The van der Waals surface area contributed by atoms with Crippen LogP contribution >= 0.6 is 0 Å². The fourth-order valence-corrected chi connectivity index (χ4v) is 1.72. The van der Waals surface area contributed by atoms with Crippen molar-refractivity contribution < 1.29 is 19.4 Å². The van der Waals surface area contributed by atoms with Crippen molar-refractivity contribution >= 4 is 11.7 Å². The van der Waals surface area contributed by atoms with Gasteiger partial charge in [-0.05, 0) is 29.8 Å². The van der Waals surface area contributed by atoms with Crippen molar-refractivity contribution in [2.24, 2.45) is 0 Å². The molecule has 2 aromatic rings. The van der Waals surface area contributed by atoms with E-state index in [1.807, 2.05) is 24.3 Å². The molecule has 0 saturated heterocycles. The van der Waals surface area contributed by atoms with E-state index in [2.05, 4.69) is 0 Å². The van der Waals surface area contributed by atoms with Crippen molar-refractivity contribution in [3.8, 4) is 11.5 Å². The van der Waals surface area contributed by atoms with Crippen molar-refractivity contribution in [1.82, 2.24) is 0 Å². The van der Waals surface area contributed by atoms with Gasteiger partial charge in [0.25, 0.3) is 0 Å². The molecule has 2 rings (SSSR count). The molecule has 5 heteroatoms. The maximum Gasteiger partial charge on any atom is 0.339 e. The third-order valence-corrected chi connectivity index (χ3v) is 2.79. The van der Waals surface area contributed by atoms with Crippen LogP contribution < -0.4 is 15.2 Å². The summed E-state index contributed by atoms with van der Waals surface area (Å²) in [6.45, 7) is 0.258. The molecule has 0 bridgehead atoms. The highest BCUT2D eigenvalue weighted by Gasteiger charge is 2.11. The van der Waals surface area contributed by atoms with Crippen LogP contribution in [0.2, 0.25) is 0 Å². The summed E-state index contributed by atoms with van der Waals surface area (Å²) in [5.74, 6) is -0.0352. The van der Waals surface area contributed by atoms with Crippen molar-refractivity contribution in [2.45, 2.75) is 6.61 Å². The van der Waals surface area contributed by atoms with Crippen LogP contribution in [-0.2, 0) is 6.61 Å². The number of anilines is 1. The average Bonchev–Trinajstić information content (AvgIpc) is 2.45. The van der Waals surface area contributed by atoms with Gasteiger partial charge in [0, 0.05) is 11.8 Å². The molecule has 0 amide bonds. The topological polar surface area (TPSA) is 81.8 Å². The summed E-state index contributed by atoms with van der Waals surface area (Å²) in [7, 11) is 1.59. The zero-order valence-corrected chi connectivity index (χ0v) is 11.0. The second-order valence-electron chi connectivity index (χ2n) is 4.20. The molecular formula is C15H15NO4. The van der Waals surface area contributed by atoms with Gasteiger partial charge in [-0.15, -0.1) is 0 Å². The number of carboxylic acid groups (broad SMARTS) is 1. The molecule has 0 aliphatic rings. The van der Waals surface area contributed by atoms with Gasteiger partial charge in [0.2, 0.25) is 0 Å². The van der Waals surface area contributed by atoms with E-state index in [9.17, 15) is 4.79 Å². The van der Waals surface area contributed by atoms with Gasteiger partial charge in [-0.25, -0.2) is 4.79 Å². The largest absolute Gasteiger partial charge is 0.497 e. The first-order valence-corrected chi connectivity index (χ1v) is 5.98. The van der Waals surface area contributed by atoms with E-state index in [1.165, 1.54) is 18.2 Å². The number of rotatable bonds is 5. The van der Waals surface area contributed by atoms with Crippen molar-refractivity contribution in [1.29, 1.82) is 0 Å². The van der Waals surface area contributed by atoms with Gasteiger partial charge in [0.15, 0.2) is 0 Å². The minimum Gasteiger partial charge on any atom is -0.497 e. The maximum atomic E-state index is 11.1. The van der Waals surface area contributed by atoms with Gasteiger partial charge in [-0.1, -0.05) is 12.1 Å². The van der Waals surface area contributed by atoms with E-state index < -0.39 is 5.97 Å². The lowest BCUT2D eigenvalue weighted by Gasteiger charge is -2.10. The van der Waals surface area contributed by atoms with Gasteiger partial charge in [-0.2, -0.15) is 0 Å². The Kier molecular flexibility index (Phi) is 4.10. The number of aromatic carboxylic acids is 1. The van der Waals surface area contributed by atoms with E-state index in [0.29, 0.717) is 5.69 Å².